The molecule has 0 aromatic carbocycles. The number of pyridine rings is 1. The molecule has 0 saturated heterocycles. The molecule has 1 rings (SSSR count). The SMILES string of the molecule is CCC(C)(CCCl)NC(=O)c1ccncc1. The Kier molecular flexibility index (Phi) is 4.74. The largest absolute Gasteiger partial charge is 0.347 e. The molecule has 0 spiro atoms. The summed E-state index contributed by atoms with van der Waals surface area (Å²) >= 11 is 5.73. The van der Waals surface area contributed by atoms with Crippen LogP contribution in [0.15, 0.2) is 24.5 Å². The lowest BCUT2D eigenvalue weighted by molar-refractivity contribution is 0.0901. The van der Waals surface area contributed by atoms with E-state index in [2.05, 4.69) is 10.3 Å². The van der Waals surface area contributed by atoms with Crippen LogP contribution in [0.1, 0.15) is 37.0 Å². The molecular formula is C12H17ClN2O. The van der Waals surface area contributed by atoms with Crippen LogP contribution in [0, 0.1) is 0 Å². The van der Waals surface area contributed by atoms with E-state index in [4.69, 9.17) is 11.6 Å². The van der Waals surface area contributed by atoms with Crippen molar-refractivity contribution in [2.45, 2.75) is 32.2 Å². The van der Waals surface area contributed by atoms with E-state index in [0.29, 0.717) is 11.4 Å². The highest BCUT2D eigenvalue weighted by molar-refractivity contribution is 6.17. The third-order valence-corrected chi connectivity index (χ3v) is 2.97. The fourth-order valence-electron chi connectivity index (χ4n) is 1.39. The highest BCUT2D eigenvalue weighted by atomic mass is 35.5. The van der Waals surface area contributed by atoms with Crippen LogP contribution in [0.5, 0.6) is 0 Å². The molecule has 1 aromatic rings. The molecule has 0 bridgehead atoms. The zero-order chi connectivity index (χ0) is 12.0. The first-order chi connectivity index (χ1) is 7.61. The summed E-state index contributed by atoms with van der Waals surface area (Å²) in [6, 6.07) is 3.40. The molecule has 1 amide bonds. The average Bonchev–Trinajstić information content (AvgIpc) is 2.30. The molecular weight excluding hydrogens is 224 g/mol. The molecule has 4 heteroatoms. The van der Waals surface area contributed by atoms with Gasteiger partial charge in [0, 0.05) is 29.4 Å². The maximum Gasteiger partial charge on any atom is 0.251 e. The van der Waals surface area contributed by atoms with Gasteiger partial charge in [0.25, 0.3) is 5.91 Å². The van der Waals surface area contributed by atoms with E-state index in [1.165, 1.54) is 0 Å². The summed E-state index contributed by atoms with van der Waals surface area (Å²) in [5.74, 6) is 0.470. The van der Waals surface area contributed by atoms with Gasteiger partial charge in [-0.3, -0.25) is 9.78 Å². The minimum atomic E-state index is -0.234. The zero-order valence-corrected chi connectivity index (χ0v) is 10.4. The molecule has 0 aliphatic rings. The van der Waals surface area contributed by atoms with E-state index in [9.17, 15) is 4.79 Å². The second-order valence-electron chi connectivity index (χ2n) is 4.04. The van der Waals surface area contributed by atoms with Gasteiger partial charge in [0.2, 0.25) is 0 Å². The fourth-order valence-corrected chi connectivity index (χ4v) is 1.80. The summed E-state index contributed by atoms with van der Waals surface area (Å²) in [7, 11) is 0. The smallest absolute Gasteiger partial charge is 0.251 e. The van der Waals surface area contributed by atoms with Crippen LogP contribution in [0.4, 0.5) is 0 Å². The Morgan fingerprint density at radius 2 is 2.12 bits per heavy atom. The number of nitrogens with one attached hydrogen (secondary N) is 1. The normalized spacial score (nSPS) is 14.2. The fraction of sp³-hybridized carbons (Fsp3) is 0.500. The van der Waals surface area contributed by atoms with Crippen LogP contribution >= 0.6 is 11.6 Å². The van der Waals surface area contributed by atoms with E-state index in [0.717, 1.165) is 12.8 Å². The molecule has 1 N–H and O–H groups in total. The number of amides is 1. The first kappa shape index (κ1) is 13.0. The lowest BCUT2D eigenvalue weighted by atomic mass is 9.95. The number of hydrogen-bond acceptors (Lipinski definition) is 2. The number of halogens is 1. The molecule has 0 fully saturated rings. The predicted molar refractivity (Wildman–Crippen MR) is 65.7 cm³/mol. The summed E-state index contributed by atoms with van der Waals surface area (Å²) in [4.78, 5) is 15.8. The van der Waals surface area contributed by atoms with Gasteiger partial charge in [-0.05, 0) is 31.9 Å². The van der Waals surface area contributed by atoms with E-state index >= 15 is 0 Å². The number of nitrogens with zero attached hydrogens (tertiary/aromatic N) is 1. The molecule has 1 unspecified atom stereocenters. The summed E-state index contributed by atoms with van der Waals surface area (Å²) in [5.41, 5.74) is 0.395. The van der Waals surface area contributed by atoms with Crippen molar-refractivity contribution < 1.29 is 4.79 Å². The van der Waals surface area contributed by atoms with Crippen LogP contribution in [0.3, 0.4) is 0 Å². The van der Waals surface area contributed by atoms with Gasteiger partial charge >= 0.3 is 0 Å². The molecule has 1 heterocycles. The van der Waals surface area contributed by atoms with Crippen molar-refractivity contribution in [1.82, 2.24) is 10.3 Å². The highest BCUT2D eigenvalue weighted by Gasteiger charge is 2.23. The Bertz CT molecular complexity index is 342. The van der Waals surface area contributed by atoms with Gasteiger partial charge in [-0.2, -0.15) is 0 Å². The highest BCUT2D eigenvalue weighted by Crippen LogP contribution is 2.16. The summed E-state index contributed by atoms with van der Waals surface area (Å²) in [6.07, 6.45) is 4.85. The summed E-state index contributed by atoms with van der Waals surface area (Å²) < 4.78 is 0. The zero-order valence-electron chi connectivity index (χ0n) is 9.66. The quantitative estimate of drug-likeness (QED) is 0.804. The molecule has 1 aromatic heterocycles. The molecule has 0 radical (unpaired) electrons. The van der Waals surface area contributed by atoms with E-state index in [-0.39, 0.29) is 11.4 Å². The van der Waals surface area contributed by atoms with Gasteiger partial charge in [0.15, 0.2) is 0 Å². The standard InChI is InChI=1S/C12H17ClN2O/c1-3-12(2,6-7-13)15-11(16)10-4-8-14-9-5-10/h4-5,8-9H,3,6-7H2,1-2H3,(H,15,16). The topological polar surface area (TPSA) is 42.0 Å². The monoisotopic (exact) mass is 240 g/mol. The van der Waals surface area contributed by atoms with Crippen LogP contribution in [-0.4, -0.2) is 22.3 Å². The van der Waals surface area contributed by atoms with Crippen molar-refractivity contribution in [3.8, 4) is 0 Å². The molecule has 0 aliphatic carbocycles. The third-order valence-electron chi connectivity index (χ3n) is 2.78. The third kappa shape index (κ3) is 3.49. The number of rotatable bonds is 5. The molecule has 16 heavy (non-hydrogen) atoms. The van der Waals surface area contributed by atoms with Crippen molar-refractivity contribution in [3.05, 3.63) is 30.1 Å². The first-order valence-corrected chi connectivity index (χ1v) is 5.93. The minimum absolute atomic E-state index is 0.0723. The van der Waals surface area contributed by atoms with Gasteiger partial charge in [-0.15, -0.1) is 11.6 Å². The summed E-state index contributed by atoms with van der Waals surface area (Å²) in [6.45, 7) is 4.05. The van der Waals surface area contributed by atoms with Crippen molar-refractivity contribution in [1.29, 1.82) is 0 Å². The second kappa shape index (κ2) is 5.85. The van der Waals surface area contributed by atoms with E-state index in [1.807, 2.05) is 13.8 Å². The van der Waals surface area contributed by atoms with Crippen LogP contribution in [0.25, 0.3) is 0 Å². The van der Waals surface area contributed by atoms with Crippen LogP contribution in [-0.2, 0) is 0 Å². The number of carbonyl (C=O) groups is 1. The minimum Gasteiger partial charge on any atom is -0.347 e. The Labute approximate surface area is 101 Å². The molecule has 3 nitrogen and oxygen atoms in total. The lowest BCUT2D eigenvalue weighted by Gasteiger charge is -2.28. The van der Waals surface area contributed by atoms with Crippen molar-refractivity contribution in [2.24, 2.45) is 0 Å². The Morgan fingerprint density at radius 1 is 1.50 bits per heavy atom. The molecule has 0 saturated carbocycles. The maximum atomic E-state index is 11.9. The van der Waals surface area contributed by atoms with Gasteiger partial charge in [0.1, 0.15) is 0 Å². The van der Waals surface area contributed by atoms with Crippen LogP contribution < -0.4 is 5.32 Å². The Hall–Kier alpha value is -1.09. The van der Waals surface area contributed by atoms with Gasteiger partial charge < -0.3 is 5.32 Å². The number of alkyl halides is 1. The van der Waals surface area contributed by atoms with E-state index in [1.54, 1.807) is 24.5 Å². The van der Waals surface area contributed by atoms with Crippen molar-refractivity contribution in [3.63, 3.8) is 0 Å². The number of hydrogen-bond donors (Lipinski definition) is 1. The Balaban J connectivity index is 2.70. The van der Waals surface area contributed by atoms with Gasteiger partial charge in [-0.25, -0.2) is 0 Å². The predicted octanol–water partition coefficient (Wildman–Crippen LogP) is 2.61. The number of aromatic nitrogens is 1. The van der Waals surface area contributed by atoms with Crippen molar-refractivity contribution >= 4 is 17.5 Å². The first-order valence-electron chi connectivity index (χ1n) is 5.40. The number of carbonyl (C=O) groups excluding carboxylic acids is 1. The van der Waals surface area contributed by atoms with Gasteiger partial charge in [-0.1, -0.05) is 6.92 Å². The van der Waals surface area contributed by atoms with E-state index < -0.39 is 0 Å². The van der Waals surface area contributed by atoms with Gasteiger partial charge in [0.05, 0.1) is 0 Å². The molecule has 1 atom stereocenters. The van der Waals surface area contributed by atoms with Crippen LogP contribution in [0.2, 0.25) is 0 Å². The lowest BCUT2D eigenvalue weighted by Crippen LogP contribution is -2.45. The second-order valence-corrected chi connectivity index (χ2v) is 4.42. The van der Waals surface area contributed by atoms with Crippen molar-refractivity contribution in [2.75, 3.05) is 5.88 Å². The average molecular weight is 241 g/mol. The molecule has 0 aliphatic heterocycles. The molecule has 88 valence electrons. The maximum absolute atomic E-state index is 11.9. The summed E-state index contributed by atoms with van der Waals surface area (Å²) in [5, 5.41) is 3.01. The Morgan fingerprint density at radius 3 is 2.62 bits per heavy atom.